The molecule has 7 nitrogen and oxygen atoms in total. The quantitative estimate of drug-likeness (QED) is 0.693. The smallest absolute Gasteiger partial charge is 0.252 e. The molecule has 1 amide bonds. The van der Waals surface area contributed by atoms with Crippen molar-refractivity contribution < 1.29 is 14.3 Å². The van der Waals surface area contributed by atoms with Crippen LogP contribution in [0, 0.1) is 0 Å². The molecule has 5 heterocycles. The molecule has 7 heteroatoms. The van der Waals surface area contributed by atoms with Crippen molar-refractivity contribution in [1.29, 1.82) is 0 Å². The van der Waals surface area contributed by atoms with E-state index in [9.17, 15) is 4.79 Å². The highest BCUT2D eigenvalue weighted by molar-refractivity contribution is 6.06. The first-order chi connectivity index (χ1) is 17.1. The molecule has 2 bridgehead atoms. The number of hydrogen-bond donors (Lipinski definition) is 2. The number of amides is 1. The number of hydrogen-bond acceptors (Lipinski definition) is 6. The largest absolute Gasteiger partial charge is 0.375 e. The molecule has 35 heavy (non-hydrogen) atoms. The van der Waals surface area contributed by atoms with Crippen molar-refractivity contribution in [3.8, 4) is 0 Å². The third-order valence-corrected chi connectivity index (χ3v) is 9.42. The third-order valence-electron chi connectivity index (χ3n) is 9.42. The van der Waals surface area contributed by atoms with Gasteiger partial charge in [0.25, 0.3) is 5.91 Å². The van der Waals surface area contributed by atoms with Gasteiger partial charge in [0.1, 0.15) is 12.3 Å². The van der Waals surface area contributed by atoms with E-state index in [0.717, 1.165) is 12.0 Å². The van der Waals surface area contributed by atoms with Crippen molar-refractivity contribution >= 4 is 17.3 Å². The molecule has 1 saturated heterocycles. The number of anilines is 2. The summed E-state index contributed by atoms with van der Waals surface area (Å²) in [6.45, 7) is 2.79. The van der Waals surface area contributed by atoms with Gasteiger partial charge in [-0.2, -0.15) is 0 Å². The Hall–Kier alpha value is -2.87. The van der Waals surface area contributed by atoms with Gasteiger partial charge in [-0.1, -0.05) is 48.6 Å². The van der Waals surface area contributed by atoms with Crippen LogP contribution in [-0.2, 0) is 16.0 Å². The summed E-state index contributed by atoms with van der Waals surface area (Å²) in [5, 5.41) is 6.72. The Labute approximate surface area is 205 Å². The molecular weight excluding hydrogens is 440 g/mol. The molecule has 2 aliphatic carbocycles. The molecule has 4 unspecified atom stereocenters. The zero-order chi connectivity index (χ0) is 23.6. The van der Waals surface area contributed by atoms with E-state index >= 15 is 0 Å². The molecule has 1 aromatic carbocycles. The fourth-order valence-electron chi connectivity index (χ4n) is 8.21. The number of nitrogens with zero attached hydrogens (tertiary/aromatic N) is 2. The fraction of sp³-hybridized carbons (Fsp3) is 0.464. The van der Waals surface area contributed by atoms with Crippen LogP contribution in [0.2, 0.25) is 0 Å². The molecular formula is C28H30N4O3. The van der Waals surface area contributed by atoms with Crippen LogP contribution in [0.5, 0.6) is 0 Å². The SMILES string of the molecule is CN[C@@H]1C[C@H]2O[C@@](C)([C@@H]1OC)N1c3c(c4c(c5c3N2C2C=CC=CC52)C(=O)NC4)C2C=CC=CC21. The predicted octanol–water partition coefficient (Wildman–Crippen LogP) is 2.81. The highest BCUT2D eigenvalue weighted by Gasteiger charge is 2.63. The number of allylic oxidation sites excluding steroid dienone is 4. The lowest BCUT2D eigenvalue weighted by atomic mass is 9.82. The van der Waals surface area contributed by atoms with Gasteiger partial charge in [0.2, 0.25) is 0 Å². The molecule has 0 saturated carbocycles. The Morgan fingerprint density at radius 1 is 1.06 bits per heavy atom. The third kappa shape index (κ3) is 2.22. The number of fused-ring (bicyclic) bond motifs is 13. The molecule has 0 spiro atoms. The average Bonchev–Trinajstić information content (AvgIpc) is 3.51. The molecule has 0 radical (unpaired) electrons. The second-order valence-corrected chi connectivity index (χ2v) is 10.8. The number of ether oxygens (including phenoxy) is 2. The van der Waals surface area contributed by atoms with Gasteiger partial charge in [0, 0.05) is 43.5 Å². The first kappa shape index (κ1) is 20.3. The van der Waals surface area contributed by atoms with Crippen LogP contribution in [0.4, 0.5) is 11.4 Å². The lowest BCUT2D eigenvalue weighted by Gasteiger charge is -2.54. The minimum absolute atomic E-state index is 0.0603. The van der Waals surface area contributed by atoms with E-state index in [1.54, 1.807) is 7.11 Å². The van der Waals surface area contributed by atoms with Gasteiger partial charge in [-0.05, 0) is 25.1 Å². The molecule has 1 fully saturated rings. The number of carbonyl (C=O) groups is 1. The normalized spacial score (nSPS) is 40.4. The van der Waals surface area contributed by atoms with E-state index in [4.69, 9.17) is 9.47 Å². The Morgan fingerprint density at radius 3 is 2.51 bits per heavy atom. The second-order valence-electron chi connectivity index (χ2n) is 10.8. The molecule has 7 aliphatic rings. The van der Waals surface area contributed by atoms with E-state index in [2.05, 4.69) is 76.0 Å². The van der Waals surface area contributed by atoms with Gasteiger partial charge in [0.05, 0.1) is 29.0 Å². The van der Waals surface area contributed by atoms with Crippen LogP contribution < -0.4 is 20.4 Å². The molecule has 8 atom stereocenters. The average molecular weight is 471 g/mol. The summed E-state index contributed by atoms with van der Waals surface area (Å²) in [4.78, 5) is 18.4. The van der Waals surface area contributed by atoms with Gasteiger partial charge >= 0.3 is 0 Å². The Morgan fingerprint density at radius 2 is 1.77 bits per heavy atom. The molecule has 5 aliphatic heterocycles. The highest BCUT2D eigenvalue weighted by Crippen LogP contribution is 2.64. The number of benzene rings is 1. The first-order valence-electron chi connectivity index (χ1n) is 12.7. The monoisotopic (exact) mass is 470 g/mol. The lowest BCUT2D eigenvalue weighted by Crippen LogP contribution is -2.70. The summed E-state index contributed by atoms with van der Waals surface area (Å²) in [6.07, 6.45) is 18.2. The van der Waals surface area contributed by atoms with Crippen molar-refractivity contribution in [3.63, 3.8) is 0 Å². The van der Waals surface area contributed by atoms with E-state index < -0.39 is 5.72 Å². The topological polar surface area (TPSA) is 66.1 Å². The van der Waals surface area contributed by atoms with Crippen LogP contribution in [0.3, 0.4) is 0 Å². The van der Waals surface area contributed by atoms with E-state index in [-0.39, 0.29) is 48.2 Å². The fourth-order valence-corrected chi connectivity index (χ4v) is 8.21. The predicted molar refractivity (Wildman–Crippen MR) is 134 cm³/mol. The Bertz CT molecular complexity index is 1300. The maximum absolute atomic E-state index is 13.4. The maximum atomic E-state index is 13.4. The molecule has 8 rings (SSSR count). The first-order valence-corrected chi connectivity index (χ1v) is 12.7. The van der Waals surface area contributed by atoms with Crippen LogP contribution in [0.1, 0.15) is 52.2 Å². The minimum atomic E-state index is -0.679. The summed E-state index contributed by atoms with van der Waals surface area (Å²) in [5.74, 6) is 0.363. The van der Waals surface area contributed by atoms with Crippen LogP contribution in [0.15, 0.2) is 48.6 Å². The van der Waals surface area contributed by atoms with Gasteiger partial charge in [-0.15, -0.1) is 0 Å². The van der Waals surface area contributed by atoms with E-state index in [0.29, 0.717) is 6.54 Å². The van der Waals surface area contributed by atoms with Crippen molar-refractivity contribution in [2.24, 2.45) is 0 Å². The Balaban J connectivity index is 1.51. The zero-order valence-electron chi connectivity index (χ0n) is 20.2. The van der Waals surface area contributed by atoms with Crippen LogP contribution in [0.25, 0.3) is 0 Å². The molecule has 2 N–H and O–H groups in total. The van der Waals surface area contributed by atoms with E-state index in [1.807, 2.05) is 7.05 Å². The number of methoxy groups -OCH3 is 1. The summed E-state index contributed by atoms with van der Waals surface area (Å²) in [5.41, 5.74) is 6.28. The van der Waals surface area contributed by atoms with Gasteiger partial charge < -0.3 is 29.9 Å². The zero-order valence-corrected chi connectivity index (χ0v) is 20.2. The second kappa shape index (κ2) is 6.66. The van der Waals surface area contributed by atoms with Crippen molar-refractivity contribution in [2.45, 2.75) is 67.9 Å². The van der Waals surface area contributed by atoms with Crippen molar-refractivity contribution in [1.82, 2.24) is 10.6 Å². The maximum Gasteiger partial charge on any atom is 0.252 e. The number of carbonyl (C=O) groups excluding carboxylic acids is 1. The van der Waals surface area contributed by atoms with Gasteiger partial charge in [0.15, 0.2) is 5.72 Å². The Kier molecular flexibility index (Phi) is 3.87. The standard InChI is InChI=1S/C28H30N4O3/c1-28-26(34-3)17(29-2)12-20(35-28)31-18-10-6-4-8-14(18)22-23-16(13-30-27(23)33)21-15-9-5-7-11-19(15)32(28)25(21)24(22)31/h4-11,14-15,17-20,26,29H,12-13H2,1-3H3,(H,30,33)/t14?,15?,17-,18?,19?,20-,26-,28+/m1/s1. The van der Waals surface area contributed by atoms with Gasteiger partial charge in [-0.25, -0.2) is 0 Å². The van der Waals surface area contributed by atoms with Gasteiger partial charge in [-0.3, -0.25) is 4.79 Å². The molecule has 1 aromatic rings. The summed E-state index contributed by atoms with van der Waals surface area (Å²) >= 11 is 0. The van der Waals surface area contributed by atoms with E-state index in [1.165, 1.54) is 28.1 Å². The van der Waals surface area contributed by atoms with Crippen molar-refractivity contribution in [2.75, 3.05) is 24.0 Å². The number of rotatable bonds is 2. The number of nitrogens with one attached hydrogen (secondary N) is 2. The van der Waals surface area contributed by atoms with Crippen LogP contribution >= 0.6 is 0 Å². The van der Waals surface area contributed by atoms with Crippen LogP contribution in [-0.4, -0.2) is 56.2 Å². The minimum Gasteiger partial charge on any atom is -0.375 e. The molecule has 180 valence electrons. The highest BCUT2D eigenvalue weighted by atomic mass is 16.6. The van der Waals surface area contributed by atoms with Crippen molar-refractivity contribution in [3.05, 3.63) is 70.9 Å². The number of likely N-dealkylation sites (N-methyl/N-ethyl adjacent to an activating group) is 1. The summed E-state index contributed by atoms with van der Waals surface area (Å²) < 4.78 is 13.4. The summed E-state index contributed by atoms with van der Waals surface area (Å²) in [7, 11) is 3.82. The molecule has 0 aromatic heterocycles. The lowest BCUT2D eigenvalue weighted by molar-refractivity contribution is -0.199. The summed E-state index contributed by atoms with van der Waals surface area (Å²) in [6, 6.07) is 0.358.